The van der Waals surface area contributed by atoms with E-state index in [0.717, 1.165) is 0 Å². The Hall–Kier alpha value is -1.06. The smallest absolute Gasteiger partial charge is 0.330 e. The summed E-state index contributed by atoms with van der Waals surface area (Å²) in [4.78, 5) is 11.5. The third kappa shape index (κ3) is 3.53. The van der Waals surface area contributed by atoms with Gasteiger partial charge in [-0.3, -0.25) is 4.79 Å². The van der Waals surface area contributed by atoms with Crippen LogP contribution in [-0.2, 0) is 14.3 Å². The molecule has 0 aliphatic heterocycles. The summed E-state index contributed by atoms with van der Waals surface area (Å²) in [5, 5.41) is -0.788. The van der Waals surface area contributed by atoms with Crippen molar-refractivity contribution >= 4 is 17.6 Å². The predicted molar refractivity (Wildman–Crippen MR) is 57.6 cm³/mol. The minimum absolute atomic E-state index is 0.503. The Kier molecular flexibility index (Phi) is 4.59. The molecule has 0 amide bonds. The number of halogens is 1. The van der Waals surface area contributed by atoms with Crippen molar-refractivity contribution in [3.63, 3.8) is 0 Å². The van der Waals surface area contributed by atoms with Crippen LogP contribution in [0.2, 0.25) is 0 Å². The molecule has 2 unspecified atom stereocenters. The number of hydrogen-bond acceptors (Lipinski definition) is 3. The number of carbonyl (C=O) groups excluding carboxylic acids is 1. The highest BCUT2D eigenvalue weighted by Gasteiger charge is 2.20. The number of rotatable bonds is 4. The number of methoxy groups -OCH3 is 1. The average molecular weight is 229 g/mol. The summed E-state index contributed by atoms with van der Waals surface area (Å²) in [7, 11) is 1.46. The van der Waals surface area contributed by atoms with E-state index in [0.29, 0.717) is 5.56 Å². The largest absolute Gasteiger partial charge is 0.435 e. The fourth-order valence-electron chi connectivity index (χ4n) is 1.03. The van der Waals surface area contributed by atoms with Gasteiger partial charge in [-0.1, -0.05) is 30.3 Å². The highest BCUT2D eigenvalue weighted by atomic mass is 35.5. The van der Waals surface area contributed by atoms with Gasteiger partial charge in [0, 0.05) is 7.11 Å². The van der Waals surface area contributed by atoms with Crippen molar-refractivity contribution in [2.75, 3.05) is 7.11 Å². The summed E-state index contributed by atoms with van der Waals surface area (Å²) < 4.78 is 9.73. The summed E-state index contributed by atoms with van der Waals surface area (Å²) in [5.74, 6) is -0.503. The number of carbonyl (C=O) groups is 1. The van der Waals surface area contributed by atoms with Crippen molar-refractivity contribution in [2.24, 2.45) is 0 Å². The second-order valence-electron chi connectivity index (χ2n) is 3.01. The lowest BCUT2D eigenvalue weighted by atomic mass is 10.1. The Morgan fingerprint density at radius 2 is 1.93 bits per heavy atom. The van der Waals surface area contributed by atoms with Crippen LogP contribution in [0.15, 0.2) is 30.3 Å². The van der Waals surface area contributed by atoms with Crippen LogP contribution in [0.1, 0.15) is 17.9 Å². The molecule has 0 aliphatic carbocycles. The number of ether oxygens (including phenoxy) is 2. The van der Waals surface area contributed by atoms with Gasteiger partial charge in [-0.2, -0.15) is 0 Å². The molecule has 82 valence electrons. The molecule has 0 spiro atoms. The first-order valence-electron chi connectivity index (χ1n) is 4.57. The van der Waals surface area contributed by atoms with Crippen molar-refractivity contribution < 1.29 is 14.3 Å². The fourth-order valence-corrected chi connectivity index (χ4v) is 1.23. The van der Waals surface area contributed by atoms with Gasteiger partial charge in [-0.15, -0.1) is 11.6 Å². The SMILES string of the molecule is COC(C)OC(=O)C(Cl)c1ccccc1. The Morgan fingerprint density at radius 3 is 2.47 bits per heavy atom. The topological polar surface area (TPSA) is 35.5 Å². The zero-order valence-electron chi connectivity index (χ0n) is 8.64. The maximum Gasteiger partial charge on any atom is 0.330 e. The summed E-state index contributed by atoms with van der Waals surface area (Å²) in [5.41, 5.74) is 0.715. The molecule has 0 aromatic heterocycles. The quantitative estimate of drug-likeness (QED) is 0.451. The number of hydrogen-bond donors (Lipinski definition) is 0. The molecule has 0 radical (unpaired) electrons. The third-order valence-corrected chi connectivity index (χ3v) is 2.34. The number of esters is 1. The fraction of sp³-hybridized carbons (Fsp3) is 0.364. The first-order valence-corrected chi connectivity index (χ1v) is 5.01. The van der Waals surface area contributed by atoms with Crippen LogP contribution in [-0.4, -0.2) is 19.4 Å². The number of alkyl halides is 1. The van der Waals surface area contributed by atoms with Gasteiger partial charge in [0.25, 0.3) is 0 Å². The van der Waals surface area contributed by atoms with Crippen LogP contribution in [0.25, 0.3) is 0 Å². The zero-order chi connectivity index (χ0) is 11.3. The molecule has 3 nitrogen and oxygen atoms in total. The minimum Gasteiger partial charge on any atom is -0.435 e. The molecule has 1 rings (SSSR count). The lowest BCUT2D eigenvalue weighted by Gasteiger charge is -2.14. The van der Waals surface area contributed by atoms with E-state index in [4.69, 9.17) is 21.1 Å². The molecule has 15 heavy (non-hydrogen) atoms. The van der Waals surface area contributed by atoms with E-state index in [1.165, 1.54) is 7.11 Å². The van der Waals surface area contributed by atoms with Gasteiger partial charge in [-0.25, -0.2) is 0 Å². The van der Waals surface area contributed by atoms with Crippen molar-refractivity contribution in [1.29, 1.82) is 0 Å². The van der Waals surface area contributed by atoms with Gasteiger partial charge in [0.15, 0.2) is 11.7 Å². The molecule has 0 bridgehead atoms. The van der Waals surface area contributed by atoms with Gasteiger partial charge in [-0.05, 0) is 12.5 Å². The monoisotopic (exact) mass is 228 g/mol. The maximum atomic E-state index is 11.5. The molecule has 0 N–H and O–H groups in total. The Balaban J connectivity index is 2.61. The van der Waals surface area contributed by atoms with Crippen LogP contribution in [0.5, 0.6) is 0 Å². The predicted octanol–water partition coefficient (Wildman–Crippen LogP) is 2.50. The van der Waals surface area contributed by atoms with E-state index in [2.05, 4.69) is 0 Å². The summed E-state index contributed by atoms with van der Waals surface area (Å²) in [6.45, 7) is 1.63. The molecule has 0 aliphatic rings. The molecule has 0 heterocycles. The van der Waals surface area contributed by atoms with Gasteiger partial charge in [0.2, 0.25) is 0 Å². The lowest BCUT2D eigenvalue weighted by Crippen LogP contribution is -2.19. The van der Waals surface area contributed by atoms with Gasteiger partial charge >= 0.3 is 5.97 Å². The van der Waals surface area contributed by atoms with E-state index in [9.17, 15) is 4.79 Å². The van der Waals surface area contributed by atoms with Crippen molar-refractivity contribution in [2.45, 2.75) is 18.6 Å². The van der Waals surface area contributed by atoms with Crippen LogP contribution in [0, 0.1) is 0 Å². The molecule has 1 aromatic rings. The third-order valence-electron chi connectivity index (χ3n) is 1.91. The van der Waals surface area contributed by atoms with Crippen LogP contribution in [0.3, 0.4) is 0 Å². The van der Waals surface area contributed by atoms with E-state index in [-0.39, 0.29) is 0 Å². The minimum atomic E-state index is -0.788. The molecule has 4 heteroatoms. The second-order valence-corrected chi connectivity index (χ2v) is 3.45. The first-order chi connectivity index (χ1) is 7.15. The normalized spacial score (nSPS) is 14.3. The summed E-state index contributed by atoms with van der Waals surface area (Å²) >= 11 is 5.93. The van der Waals surface area contributed by atoms with E-state index in [1.807, 2.05) is 18.2 Å². The highest BCUT2D eigenvalue weighted by molar-refractivity contribution is 6.29. The average Bonchev–Trinajstić information content (AvgIpc) is 2.29. The van der Waals surface area contributed by atoms with Crippen molar-refractivity contribution in [3.05, 3.63) is 35.9 Å². The second kappa shape index (κ2) is 5.73. The number of benzene rings is 1. The van der Waals surface area contributed by atoms with Crippen LogP contribution < -0.4 is 0 Å². The van der Waals surface area contributed by atoms with E-state index in [1.54, 1.807) is 19.1 Å². The van der Waals surface area contributed by atoms with Crippen LogP contribution >= 0.6 is 11.6 Å². The van der Waals surface area contributed by atoms with E-state index < -0.39 is 17.6 Å². The molecule has 0 fully saturated rings. The summed E-state index contributed by atoms with van der Waals surface area (Å²) in [6.07, 6.45) is -0.581. The Morgan fingerprint density at radius 1 is 1.33 bits per heavy atom. The Bertz CT molecular complexity index is 313. The molecule has 2 atom stereocenters. The standard InChI is InChI=1S/C11H13ClO3/c1-8(14-2)15-11(13)10(12)9-6-4-3-5-7-9/h3-8,10H,1-2H3. The maximum absolute atomic E-state index is 11.5. The van der Waals surface area contributed by atoms with Gasteiger partial charge in [0.05, 0.1) is 0 Å². The van der Waals surface area contributed by atoms with Crippen molar-refractivity contribution in [3.8, 4) is 0 Å². The lowest BCUT2D eigenvalue weighted by molar-refractivity contribution is -0.169. The molecule has 1 aromatic carbocycles. The highest BCUT2D eigenvalue weighted by Crippen LogP contribution is 2.21. The zero-order valence-corrected chi connectivity index (χ0v) is 9.40. The van der Waals surface area contributed by atoms with Gasteiger partial charge < -0.3 is 9.47 Å². The molecule has 0 saturated heterocycles. The first kappa shape index (κ1) is 12.0. The molecular weight excluding hydrogens is 216 g/mol. The molecule has 0 saturated carbocycles. The van der Waals surface area contributed by atoms with Gasteiger partial charge in [0.1, 0.15) is 0 Å². The molecular formula is C11H13ClO3. The van der Waals surface area contributed by atoms with Crippen molar-refractivity contribution in [1.82, 2.24) is 0 Å². The van der Waals surface area contributed by atoms with Crippen LogP contribution in [0.4, 0.5) is 0 Å². The summed E-state index contributed by atoms with van der Waals surface area (Å²) in [6, 6.07) is 9.04. The van der Waals surface area contributed by atoms with E-state index >= 15 is 0 Å². The Labute approximate surface area is 93.9 Å².